The van der Waals surface area contributed by atoms with E-state index in [2.05, 4.69) is 46.4 Å². The zero-order valence-corrected chi connectivity index (χ0v) is 16.2. The van der Waals surface area contributed by atoms with Crippen molar-refractivity contribution in [3.8, 4) is 0 Å². The van der Waals surface area contributed by atoms with E-state index in [-0.39, 0.29) is 5.92 Å². The van der Waals surface area contributed by atoms with Gasteiger partial charge in [-0.1, -0.05) is 73.6 Å². The van der Waals surface area contributed by atoms with Gasteiger partial charge < -0.3 is 4.90 Å². The molecule has 0 saturated heterocycles. The number of hydrogen-bond donors (Lipinski definition) is 0. The van der Waals surface area contributed by atoms with Crippen molar-refractivity contribution in [2.75, 3.05) is 13.1 Å². The minimum atomic E-state index is 0.177. The number of carbonyl (C=O) groups excluding carboxylic acids is 1. The molecule has 2 nitrogen and oxygen atoms in total. The van der Waals surface area contributed by atoms with Crippen LogP contribution in [0.1, 0.15) is 92.9 Å². The van der Waals surface area contributed by atoms with Gasteiger partial charge >= 0.3 is 0 Å². The van der Waals surface area contributed by atoms with Gasteiger partial charge in [0.2, 0.25) is 5.91 Å². The van der Waals surface area contributed by atoms with Crippen LogP contribution in [-0.4, -0.2) is 23.9 Å². The van der Waals surface area contributed by atoms with E-state index in [1.165, 1.54) is 32.1 Å². The van der Waals surface area contributed by atoms with E-state index in [9.17, 15) is 4.79 Å². The first-order valence-corrected chi connectivity index (χ1v) is 9.80. The second-order valence-electron chi connectivity index (χ2n) is 7.08. The quantitative estimate of drug-likeness (QED) is 0.387. The summed E-state index contributed by atoms with van der Waals surface area (Å²) in [6.45, 7) is 15.3. The van der Waals surface area contributed by atoms with Crippen molar-refractivity contribution in [1.29, 1.82) is 0 Å². The maximum absolute atomic E-state index is 12.8. The van der Waals surface area contributed by atoms with Gasteiger partial charge in [-0.05, 0) is 31.1 Å². The first-order chi connectivity index (χ1) is 10.5. The van der Waals surface area contributed by atoms with E-state index >= 15 is 0 Å². The Balaban J connectivity index is 4.49. The molecule has 3 atom stereocenters. The second-order valence-corrected chi connectivity index (χ2v) is 7.08. The van der Waals surface area contributed by atoms with E-state index in [4.69, 9.17) is 0 Å². The molecule has 0 heterocycles. The van der Waals surface area contributed by atoms with E-state index in [0.717, 1.165) is 38.3 Å². The molecule has 0 saturated carbocycles. The fourth-order valence-electron chi connectivity index (χ4n) is 3.33. The smallest absolute Gasteiger partial charge is 0.225 e. The molecule has 0 aliphatic rings. The van der Waals surface area contributed by atoms with Crippen molar-refractivity contribution in [3.63, 3.8) is 0 Å². The third kappa shape index (κ3) is 8.19. The minimum Gasteiger partial charge on any atom is -0.342 e. The Morgan fingerprint density at radius 2 is 1.55 bits per heavy atom. The van der Waals surface area contributed by atoms with Crippen molar-refractivity contribution in [2.45, 2.75) is 92.9 Å². The molecule has 0 aliphatic carbocycles. The van der Waals surface area contributed by atoms with Gasteiger partial charge in [-0.3, -0.25) is 4.79 Å². The molecule has 0 rings (SSSR count). The van der Waals surface area contributed by atoms with Gasteiger partial charge in [-0.15, -0.1) is 0 Å². The summed E-state index contributed by atoms with van der Waals surface area (Å²) in [4.78, 5) is 14.9. The molecular weight excluding hydrogens is 270 g/mol. The Bertz CT molecular complexity index is 277. The Hall–Kier alpha value is -0.530. The molecule has 0 aliphatic heterocycles. The maximum atomic E-state index is 12.8. The molecule has 1 amide bonds. The molecule has 3 unspecified atom stereocenters. The molecule has 0 radical (unpaired) electrons. The summed E-state index contributed by atoms with van der Waals surface area (Å²) in [5.74, 6) is 1.98. The number of rotatable bonds is 13. The number of hydrogen-bond acceptors (Lipinski definition) is 1. The predicted octanol–water partition coefficient (Wildman–Crippen LogP) is 5.90. The first-order valence-electron chi connectivity index (χ1n) is 9.80. The zero-order valence-electron chi connectivity index (χ0n) is 16.2. The van der Waals surface area contributed by atoms with Crippen molar-refractivity contribution in [2.24, 2.45) is 17.8 Å². The highest BCUT2D eigenvalue weighted by molar-refractivity contribution is 5.78. The van der Waals surface area contributed by atoms with Crippen LogP contribution in [0.5, 0.6) is 0 Å². The van der Waals surface area contributed by atoms with E-state index in [1.54, 1.807) is 0 Å². The fourth-order valence-corrected chi connectivity index (χ4v) is 3.33. The summed E-state index contributed by atoms with van der Waals surface area (Å²) < 4.78 is 0. The topological polar surface area (TPSA) is 20.3 Å². The molecule has 2 heteroatoms. The number of carbonyl (C=O) groups is 1. The van der Waals surface area contributed by atoms with Gasteiger partial charge in [0.25, 0.3) is 0 Å². The van der Waals surface area contributed by atoms with Crippen molar-refractivity contribution in [1.82, 2.24) is 4.90 Å². The normalized spacial score (nSPS) is 15.4. The van der Waals surface area contributed by atoms with Crippen LogP contribution >= 0.6 is 0 Å². The van der Waals surface area contributed by atoms with E-state index < -0.39 is 0 Å². The van der Waals surface area contributed by atoms with E-state index in [1.807, 2.05) is 0 Å². The molecular formula is C20H41NO. The maximum Gasteiger partial charge on any atom is 0.225 e. The third-order valence-corrected chi connectivity index (χ3v) is 5.14. The Morgan fingerprint density at radius 1 is 0.864 bits per heavy atom. The van der Waals surface area contributed by atoms with Gasteiger partial charge in [0.1, 0.15) is 0 Å². The monoisotopic (exact) mass is 311 g/mol. The minimum absolute atomic E-state index is 0.177. The van der Waals surface area contributed by atoms with Gasteiger partial charge in [0.05, 0.1) is 0 Å². The predicted molar refractivity (Wildman–Crippen MR) is 98.0 cm³/mol. The molecule has 0 N–H and O–H groups in total. The van der Waals surface area contributed by atoms with Crippen molar-refractivity contribution in [3.05, 3.63) is 0 Å². The van der Waals surface area contributed by atoms with E-state index in [0.29, 0.717) is 11.8 Å². The molecule has 132 valence electrons. The first kappa shape index (κ1) is 21.5. The average molecular weight is 312 g/mol. The summed E-state index contributed by atoms with van der Waals surface area (Å²) in [5, 5.41) is 0. The zero-order chi connectivity index (χ0) is 17.0. The number of unbranched alkanes of at least 4 members (excludes halogenated alkanes) is 3. The lowest BCUT2D eigenvalue weighted by atomic mass is 9.82. The molecule has 0 aromatic heterocycles. The molecule has 0 spiro atoms. The van der Waals surface area contributed by atoms with Crippen LogP contribution in [0.25, 0.3) is 0 Å². The average Bonchev–Trinajstić information content (AvgIpc) is 2.53. The molecule has 0 aromatic rings. The summed E-state index contributed by atoms with van der Waals surface area (Å²) in [6, 6.07) is 0. The lowest BCUT2D eigenvalue weighted by Crippen LogP contribution is -2.37. The van der Waals surface area contributed by atoms with Crippen LogP contribution in [-0.2, 0) is 4.79 Å². The van der Waals surface area contributed by atoms with Crippen LogP contribution in [0.3, 0.4) is 0 Å². The van der Waals surface area contributed by atoms with Crippen LogP contribution in [0.2, 0.25) is 0 Å². The largest absolute Gasteiger partial charge is 0.342 e. The standard InChI is InChI=1S/C20H41NO/c1-7-11-12-13-15-21(14-8-2)20(22)18(6)16-19(10-4)17(5)9-3/h17-19H,7-16H2,1-6H3. The van der Waals surface area contributed by atoms with Gasteiger partial charge in [-0.2, -0.15) is 0 Å². The third-order valence-electron chi connectivity index (χ3n) is 5.14. The van der Waals surface area contributed by atoms with Gasteiger partial charge in [0, 0.05) is 19.0 Å². The van der Waals surface area contributed by atoms with Crippen molar-refractivity contribution < 1.29 is 4.79 Å². The summed E-state index contributed by atoms with van der Waals surface area (Å²) in [6.07, 6.45) is 9.48. The Labute approximate surface area is 140 Å². The summed E-state index contributed by atoms with van der Waals surface area (Å²) in [5.41, 5.74) is 0. The Kier molecular flexibility index (Phi) is 12.6. The summed E-state index contributed by atoms with van der Waals surface area (Å²) >= 11 is 0. The van der Waals surface area contributed by atoms with Crippen LogP contribution < -0.4 is 0 Å². The van der Waals surface area contributed by atoms with Gasteiger partial charge in [0.15, 0.2) is 0 Å². The molecule has 0 fully saturated rings. The Morgan fingerprint density at radius 3 is 2.05 bits per heavy atom. The lowest BCUT2D eigenvalue weighted by Gasteiger charge is -2.29. The highest BCUT2D eigenvalue weighted by Crippen LogP contribution is 2.27. The van der Waals surface area contributed by atoms with Crippen LogP contribution in [0, 0.1) is 17.8 Å². The van der Waals surface area contributed by atoms with Crippen LogP contribution in [0.4, 0.5) is 0 Å². The molecule has 22 heavy (non-hydrogen) atoms. The fraction of sp³-hybridized carbons (Fsp3) is 0.950. The SMILES string of the molecule is CCCCCCN(CCC)C(=O)C(C)CC(CC)C(C)CC. The lowest BCUT2D eigenvalue weighted by molar-refractivity contribution is -0.135. The number of nitrogens with zero attached hydrogens (tertiary/aromatic N) is 1. The molecule has 0 bridgehead atoms. The highest BCUT2D eigenvalue weighted by Gasteiger charge is 2.24. The van der Waals surface area contributed by atoms with Crippen molar-refractivity contribution >= 4 is 5.91 Å². The second kappa shape index (κ2) is 13.0. The van der Waals surface area contributed by atoms with Gasteiger partial charge in [-0.25, -0.2) is 0 Å². The number of amides is 1. The van der Waals surface area contributed by atoms with Crippen LogP contribution in [0.15, 0.2) is 0 Å². The summed E-state index contributed by atoms with van der Waals surface area (Å²) in [7, 11) is 0. The highest BCUT2D eigenvalue weighted by atomic mass is 16.2. The molecule has 0 aromatic carbocycles.